The number of hydrogen-bond donors (Lipinski definition) is 1. The molecule has 1 rings (SSSR count). The summed E-state index contributed by atoms with van der Waals surface area (Å²) in [5.41, 5.74) is 5.64. The monoisotopic (exact) mass is 259 g/mol. The van der Waals surface area contributed by atoms with Gasteiger partial charge in [-0.05, 0) is 6.92 Å². The predicted molar refractivity (Wildman–Crippen MR) is 64.4 cm³/mol. The summed E-state index contributed by atoms with van der Waals surface area (Å²) in [6.07, 6.45) is 0.747. The Morgan fingerprint density at radius 3 is 2.94 bits per heavy atom. The van der Waals surface area contributed by atoms with Crippen molar-refractivity contribution in [2.75, 3.05) is 12.4 Å². The van der Waals surface area contributed by atoms with Crippen LogP contribution in [-0.4, -0.2) is 34.5 Å². The summed E-state index contributed by atoms with van der Waals surface area (Å²) < 4.78 is 9.81. The highest BCUT2D eigenvalue weighted by Gasteiger charge is 2.15. The number of aromatic nitrogens is 2. The molecule has 0 bridgehead atoms. The van der Waals surface area contributed by atoms with E-state index >= 15 is 0 Å². The van der Waals surface area contributed by atoms with Crippen LogP contribution in [0.25, 0.3) is 0 Å². The Bertz CT molecular complexity index is 356. The quantitative estimate of drug-likeness (QED) is 0.722. The number of aryl methyl sites for hydroxylation is 1. The molecule has 7 heteroatoms. The molecule has 0 radical (unpaired) electrons. The van der Waals surface area contributed by atoms with Gasteiger partial charge in [-0.3, -0.25) is 4.79 Å². The van der Waals surface area contributed by atoms with E-state index in [1.807, 2.05) is 6.92 Å². The number of nitrogens with two attached hydrogens (primary N) is 1. The highest BCUT2D eigenvalue weighted by Crippen LogP contribution is 2.11. The molecule has 17 heavy (non-hydrogen) atoms. The van der Waals surface area contributed by atoms with Crippen LogP contribution in [-0.2, 0) is 21.7 Å². The van der Waals surface area contributed by atoms with Gasteiger partial charge in [-0.2, -0.15) is 4.98 Å². The summed E-state index contributed by atoms with van der Waals surface area (Å²) in [6.45, 7) is 4.06. The zero-order valence-corrected chi connectivity index (χ0v) is 10.8. The Hall–Kier alpha value is -1.08. The van der Waals surface area contributed by atoms with Gasteiger partial charge in [0.1, 0.15) is 6.04 Å². The number of carbonyl (C=O) groups excluding carboxylic acids is 1. The van der Waals surface area contributed by atoms with Crippen molar-refractivity contribution in [1.29, 1.82) is 0 Å². The molecule has 0 aromatic carbocycles. The van der Waals surface area contributed by atoms with Crippen molar-refractivity contribution < 1.29 is 14.1 Å². The van der Waals surface area contributed by atoms with Crippen molar-refractivity contribution in [3.63, 3.8) is 0 Å². The third-order valence-electron chi connectivity index (χ3n) is 1.94. The van der Waals surface area contributed by atoms with Gasteiger partial charge in [-0.25, -0.2) is 0 Å². The molecule has 0 aliphatic heterocycles. The molecule has 0 amide bonds. The van der Waals surface area contributed by atoms with Crippen molar-refractivity contribution in [2.24, 2.45) is 5.73 Å². The highest BCUT2D eigenvalue weighted by atomic mass is 32.2. The van der Waals surface area contributed by atoms with E-state index in [2.05, 4.69) is 10.1 Å². The van der Waals surface area contributed by atoms with Gasteiger partial charge in [0, 0.05) is 12.2 Å². The second-order valence-corrected chi connectivity index (χ2v) is 4.36. The Balaban J connectivity index is 2.25. The Morgan fingerprint density at radius 2 is 2.35 bits per heavy atom. The summed E-state index contributed by atoms with van der Waals surface area (Å²) in [5, 5.41) is 3.77. The summed E-state index contributed by atoms with van der Waals surface area (Å²) in [4.78, 5) is 15.4. The fourth-order valence-electron chi connectivity index (χ4n) is 1.08. The second-order valence-electron chi connectivity index (χ2n) is 3.33. The summed E-state index contributed by atoms with van der Waals surface area (Å²) in [7, 11) is 0. The summed E-state index contributed by atoms with van der Waals surface area (Å²) >= 11 is 1.47. The first-order chi connectivity index (χ1) is 8.17. The van der Waals surface area contributed by atoms with Crippen molar-refractivity contribution in [3.05, 3.63) is 11.7 Å². The minimum absolute atomic E-state index is 0.348. The number of thioether (sulfide) groups is 1. The van der Waals surface area contributed by atoms with Gasteiger partial charge in [0.2, 0.25) is 5.89 Å². The lowest BCUT2D eigenvalue weighted by Crippen LogP contribution is -2.34. The van der Waals surface area contributed by atoms with Gasteiger partial charge in [-0.15, -0.1) is 11.8 Å². The van der Waals surface area contributed by atoms with Crippen molar-refractivity contribution >= 4 is 17.7 Å². The molecule has 0 spiro atoms. The van der Waals surface area contributed by atoms with Gasteiger partial charge in [-0.1, -0.05) is 12.1 Å². The minimum Gasteiger partial charge on any atom is -0.465 e. The van der Waals surface area contributed by atoms with Crippen LogP contribution >= 0.6 is 11.8 Å². The van der Waals surface area contributed by atoms with E-state index < -0.39 is 6.04 Å². The normalized spacial score (nSPS) is 12.4. The smallest absolute Gasteiger partial charge is 0.323 e. The van der Waals surface area contributed by atoms with Crippen LogP contribution in [0, 0.1) is 0 Å². The molecular weight excluding hydrogens is 242 g/mol. The molecule has 0 saturated carbocycles. The molecule has 2 N–H and O–H groups in total. The molecule has 0 saturated heterocycles. The molecule has 96 valence electrons. The van der Waals surface area contributed by atoms with Crippen LogP contribution < -0.4 is 5.73 Å². The zero-order chi connectivity index (χ0) is 12.7. The lowest BCUT2D eigenvalue weighted by Gasteiger charge is -2.08. The third-order valence-corrected chi connectivity index (χ3v) is 2.98. The highest BCUT2D eigenvalue weighted by molar-refractivity contribution is 7.98. The molecule has 1 unspecified atom stereocenters. The van der Waals surface area contributed by atoms with Gasteiger partial charge >= 0.3 is 5.97 Å². The first-order valence-electron chi connectivity index (χ1n) is 5.48. The predicted octanol–water partition coefficient (Wildman–Crippen LogP) is 0.756. The van der Waals surface area contributed by atoms with E-state index in [4.69, 9.17) is 15.0 Å². The number of esters is 1. The second kappa shape index (κ2) is 7.29. The fourth-order valence-corrected chi connectivity index (χ4v) is 1.88. The maximum Gasteiger partial charge on any atom is 0.323 e. The van der Waals surface area contributed by atoms with E-state index in [0.29, 0.717) is 29.8 Å². The minimum atomic E-state index is -0.603. The number of nitrogens with zero attached hydrogens (tertiary/aromatic N) is 2. The average Bonchev–Trinajstić information content (AvgIpc) is 2.77. The molecule has 6 nitrogen and oxygen atoms in total. The Morgan fingerprint density at radius 1 is 1.59 bits per heavy atom. The third kappa shape index (κ3) is 4.74. The van der Waals surface area contributed by atoms with E-state index in [9.17, 15) is 4.79 Å². The number of rotatable bonds is 7. The average molecular weight is 259 g/mol. The maximum atomic E-state index is 11.2. The van der Waals surface area contributed by atoms with Crippen molar-refractivity contribution in [3.8, 4) is 0 Å². The molecule has 0 fully saturated rings. The largest absolute Gasteiger partial charge is 0.465 e. The maximum absolute atomic E-state index is 11.2. The van der Waals surface area contributed by atoms with Crippen molar-refractivity contribution in [1.82, 2.24) is 10.1 Å². The van der Waals surface area contributed by atoms with Crippen LogP contribution in [0.3, 0.4) is 0 Å². The molecule has 1 atom stereocenters. The lowest BCUT2D eigenvalue weighted by atomic mass is 10.4. The van der Waals surface area contributed by atoms with E-state index in [0.717, 1.165) is 6.42 Å². The molecular formula is C10H17N3O3S. The van der Waals surface area contributed by atoms with Gasteiger partial charge in [0.05, 0.1) is 12.4 Å². The fraction of sp³-hybridized carbons (Fsp3) is 0.700. The van der Waals surface area contributed by atoms with E-state index in [1.54, 1.807) is 6.92 Å². The van der Waals surface area contributed by atoms with Gasteiger partial charge in [0.15, 0.2) is 5.82 Å². The molecule has 0 aliphatic rings. The lowest BCUT2D eigenvalue weighted by molar-refractivity contribution is -0.144. The topological polar surface area (TPSA) is 91.2 Å². The van der Waals surface area contributed by atoms with Crippen LogP contribution in [0.1, 0.15) is 25.6 Å². The molecule has 1 aromatic heterocycles. The zero-order valence-electron chi connectivity index (χ0n) is 10.0. The summed E-state index contributed by atoms with van der Waals surface area (Å²) in [5.74, 6) is 1.90. The van der Waals surface area contributed by atoms with Crippen LogP contribution in [0.2, 0.25) is 0 Å². The molecule has 1 aromatic rings. The van der Waals surface area contributed by atoms with Crippen molar-refractivity contribution in [2.45, 2.75) is 32.1 Å². The van der Waals surface area contributed by atoms with Gasteiger partial charge in [0.25, 0.3) is 0 Å². The SMILES string of the molecule is CCOC(=O)C(N)CSCc1nc(CC)no1. The van der Waals surface area contributed by atoms with Gasteiger partial charge < -0.3 is 15.0 Å². The molecule has 0 aliphatic carbocycles. The summed E-state index contributed by atoms with van der Waals surface area (Å²) in [6, 6.07) is -0.603. The van der Waals surface area contributed by atoms with E-state index in [-0.39, 0.29) is 5.97 Å². The van der Waals surface area contributed by atoms with E-state index in [1.165, 1.54) is 11.8 Å². The first kappa shape index (κ1) is 14.0. The standard InChI is InChI=1S/C10H17N3O3S/c1-3-8-12-9(16-13-8)6-17-5-7(11)10(14)15-4-2/h7H,3-6,11H2,1-2H3. The number of carbonyl (C=O) groups is 1. The van der Waals surface area contributed by atoms with Crippen LogP contribution in [0.4, 0.5) is 0 Å². The van der Waals surface area contributed by atoms with Crippen LogP contribution in [0.5, 0.6) is 0 Å². The molecule has 1 heterocycles. The number of ether oxygens (including phenoxy) is 1. The number of hydrogen-bond acceptors (Lipinski definition) is 7. The van der Waals surface area contributed by atoms with Crippen LogP contribution in [0.15, 0.2) is 4.52 Å². The Labute approximate surface area is 104 Å². The first-order valence-corrected chi connectivity index (χ1v) is 6.64. The Kier molecular flexibility index (Phi) is 5.99.